The summed E-state index contributed by atoms with van der Waals surface area (Å²) < 4.78 is 47.5. The number of nitrogens with two attached hydrogens (primary N) is 1. The molecule has 4 rings (SSSR count). The Morgan fingerprint density at radius 2 is 2.07 bits per heavy atom. The van der Waals surface area contributed by atoms with E-state index >= 15 is 0 Å². The number of alkyl halides is 3. The summed E-state index contributed by atoms with van der Waals surface area (Å²) in [6, 6.07) is 3.65. The van der Waals surface area contributed by atoms with Gasteiger partial charge in [0.25, 0.3) is 0 Å². The molecule has 0 amide bonds. The van der Waals surface area contributed by atoms with Crippen molar-refractivity contribution in [1.82, 2.24) is 14.5 Å². The molecule has 1 fully saturated rings. The summed E-state index contributed by atoms with van der Waals surface area (Å²) in [4.78, 5) is 8.96. The zero-order valence-electron chi connectivity index (χ0n) is 16.3. The van der Waals surface area contributed by atoms with Gasteiger partial charge in [-0.2, -0.15) is 13.2 Å². The molecule has 0 atom stereocenters. The van der Waals surface area contributed by atoms with Crippen LogP contribution >= 0.6 is 0 Å². The highest BCUT2D eigenvalue weighted by Crippen LogP contribution is 2.35. The van der Waals surface area contributed by atoms with Gasteiger partial charge in [-0.15, -0.1) is 5.11 Å². The van der Waals surface area contributed by atoms with Gasteiger partial charge < -0.3 is 9.30 Å². The zero-order valence-corrected chi connectivity index (χ0v) is 16.3. The molecule has 1 aliphatic rings. The minimum Gasteiger partial charge on any atom is -0.381 e. The number of amidine groups is 1. The minimum absolute atomic E-state index is 0.0539. The second-order valence-corrected chi connectivity index (χ2v) is 7.14. The predicted octanol–water partition coefficient (Wildman–Crippen LogP) is 3.38. The fourth-order valence-electron chi connectivity index (χ4n) is 3.77. The largest absolute Gasteiger partial charge is 0.416 e. The van der Waals surface area contributed by atoms with Gasteiger partial charge in [0, 0.05) is 31.6 Å². The normalized spacial score (nSPS) is 16.5. The first kappa shape index (κ1) is 20.4. The monoisotopic (exact) mass is 420 g/mol. The van der Waals surface area contributed by atoms with Crippen molar-refractivity contribution in [1.29, 1.82) is 5.53 Å². The highest BCUT2D eigenvalue weighted by atomic mass is 19.4. The number of pyridine rings is 1. The number of aromatic nitrogens is 3. The van der Waals surface area contributed by atoms with E-state index < -0.39 is 11.7 Å². The molecule has 0 unspecified atom stereocenters. The summed E-state index contributed by atoms with van der Waals surface area (Å²) in [5.74, 6) is 0.996. The Bertz CT molecular complexity index is 1120. The summed E-state index contributed by atoms with van der Waals surface area (Å²) in [6.45, 7) is 3.14. The van der Waals surface area contributed by atoms with E-state index in [9.17, 15) is 13.2 Å². The van der Waals surface area contributed by atoms with Gasteiger partial charge in [-0.05, 0) is 31.0 Å². The maximum absolute atomic E-state index is 13.3. The number of rotatable bonds is 4. The molecule has 8 nitrogen and oxygen atoms in total. The molecule has 0 saturated carbocycles. The Kier molecular flexibility index (Phi) is 5.48. The number of halogens is 3. The van der Waals surface area contributed by atoms with Crippen LogP contribution in [0.1, 0.15) is 37.2 Å². The molecule has 2 aromatic heterocycles. The number of benzene rings is 1. The van der Waals surface area contributed by atoms with Crippen LogP contribution < -0.4 is 5.43 Å². The molecule has 0 aliphatic carbocycles. The number of ether oxygens (including phenoxy) is 1. The van der Waals surface area contributed by atoms with Crippen molar-refractivity contribution >= 4 is 27.8 Å². The topological polar surface area (TPSA) is 105 Å². The van der Waals surface area contributed by atoms with Crippen molar-refractivity contribution in [3.05, 3.63) is 35.8 Å². The fourth-order valence-corrected chi connectivity index (χ4v) is 3.77. The zero-order chi connectivity index (χ0) is 21.3. The van der Waals surface area contributed by atoms with Crippen LogP contribution in [-0.4, -0.2) is 33.6 Å². The lowest BCUT2D eigenvalue weighted by Gasteiger charge is -2.25. The minimum atomic E-state index is -4.44. The molecular weight excluding hydrogens is 399 g/mol. The van der Waals surface area contributed by atoms with Crippen molar-refractivity contribution in [2.24, 2.45) is 10.2 Å². The van der Waals surface area contributed by atoms with Gasteiger partial charge in [0.1, 0.15) is 5.52 Å². The van der Waals surface area contributed by atoms with E-state index in [1.54, 1.807) is 18.5 Å². The van der Waals surface area contributed by atoms with Gasteiger partial charge in [0.15, 0.2) is 12.4 Å². The van der Waals surface area contributed by atoms with Crippen LogP contribution in [0.4, 0.5) is 13.2 Å². The maximum atomic E-state index is 13.3. The first-order valence-electron chi connectivity index (χ1n) is 9.56. The number of imidazole rings is 1. The number of nitrogens with zero attached hydrogens (tertiary/aromatic N) is 5. The third-order valence-corrected chi connectivity index (χ3v) is 5.19. The SMILES string of the molecule is C/C(N=N)=N/[NH2+]Cc1nc2cnc3ccc(C(F)(F)F)cc3c2n1C1CCOCC1. The van der Waals surface area contributed by atoms with Crippen LogP contribution in [0, 0.1) is 5.53 Å². The lowest BCUT2D eigenvalue weighted by Crippen LogP contribution is -2.77. The number of hydrogen-bond acceptors (Lipinski definition) is 5. The molecule has 11 heteroatoms. The Hall–Kier alpha value is -2.92. The Morgan fingerprint density at radius 3 is 2.77 bits per heavy atom. The highest BCUT2D eigenvalue weighted by molar-refractivity contribution is 6.02. The number of hydrogen-bond donors (Lipinski definition) is 2. The van der Waals surface area contributed by atoms with E-state index in [0.29, 0.717) is 53.4 Å². The average molecular weight is 420 g/mol. The molecular formula is C19H21F3N7O+. The molecule has 0 spiro atoms. The van der Waals surface area contributed by atoms with Crippen LogP contribution in [0.15, 0.2) is 34.6 Å². The second-order valence-electron chi connectivity index (χ2n) is 7.14. The third kappa shape index (κ3) is 3.90. The van der Waals surface area contributed by atoms with Gasteiger partial charge in [0.2, 0.25) is 5.84 Å². The smallest absolute Gasteiger partial charge is 0.381 e. The Morgan fingerprint density at radius 1 is 1.30 bits per heavy atom. The lowest BCUT2D eigenvalue weighted by atomic mass is 10.1. The maximum Gasteiger partial charge on any atom is 0.416 e. The van der Waals surface area contributed by atoms with Crippen LogP contribution in [0.5, 0.6) is 0 Å². The van der Waals surface area contributed by atoms with Crippen molar-refractivity contribution in [3.8, 4) is 0 Å². The average Bonchev–Trinajstić information content (AvgIpc) is 3.12. The Labute approximate surface area is 169 Å². The third-order valence-electron chi connectivity index (χ3n) is 5.19. The van der Waals surface area contributed by atoms with Crippen molar-refractivity contribution < 1.29 is 23.3 Å². The van der Waals surface area contributed by atoms with Crippen LogP contribution in [0.25, 0.3) is 21.9 Å². The van der Waals surface area contributed by atoms with Gasteiger partial charge in [-0.25, -0.2) is 15.9 Å². The van der Waals surface area contributed by atoms with E-state index in [1.807, 2.05) is 4.57 Å². The molecule has 1 saturated heterocycles. The summed E-state index contributed by atoms with van der Waals surface area (Å²) in [7, 11) is 0. The summed E-state index contributed by atoms with van der Waals surface area (Å²) >= 11 is 0. The van der Waals surface area contributed by atoms with Gasteiger partial charge in [-0.3, -0.25) is 4.98 Å². The number of fused-ring (bicyclic) bond motifs is 3. The van der Waals surface area contributed by atoms with E-state index in [0.717, 1.165) is 25.0 Å². The molecule has 3 N–H and O–H groups in total. The lowest BCUT2D eigenvalue weighted by molar-refractivity contribution is -0.678. The van der Waals surface area contributed by atoms with E-state index in [2.05, 4.69) is 20.2 Å². The second kappa shape index (κ2) is 8.07. The van der Waals surface area contributed by atoms with Crippen molar-refractivity contribution in [2.45, 2.75) is 38.5 Å². The highest BCUT2D eigenvalue weighted by Gasteiger charge is 2.31. The molecule has 30 heavy (non-hydrogen) atoms. The molecule has 1 aromatic carbocycles. The standard InChI is InChI=1S/C19H20F3N7O/c1-11(27-23)28-25-10-17-26-16-9-24-15-3-2-12(19(20,21)22)8-14(15)18(16)29(17)13-4-6-30-7-5-13/h2-3,8-9,13,23,25H,4-7,10H2,1H3/p+1/b27-23?,28-11-. The summed E-state index contributed by atoms with van der Waals surface area (Å²) in [5.41, 5.74) is 9.56. The first-order chi connectivity index (χ1) is 14.4. The molecule has 0 bridgehead atoms. The molecule has 3 aromatic rings. The van der Waals surface area contributed by atoms with Gasteiger partial charge in [0.05, 0.1) is 22.8 Å². The molecule has 0 radical (unpaired) electrons. The first-order valence-corrected chi connectivity index (χ1v) is 9.56. The molecule has 3 heterocycles. The van der Waals surface area contributed by atoms with E-state index in [1.165, 1.54) is 6.07 Å². The van der Waals surface area contributed by atoms with E-state index in [-0.39, 0.29) is 6.04 Å². The molecule has 1 aliphatic heterocycles. The van der Waals surface area contributed by atoms with Crippen LogP contribution in [-0.2, 0) is 17.5 Å². The van der Waals surface area contributed by atoms with E-state index in [4.69, 9.17) is 10.3 Å². The molecule has 158 valence electrons. The summed E-state index contributed by atoms with van der Waals surface area (Å²) in [6.07, 6.45) is -1.36. The summed E-state index contributed by atoms with van der Waals surface area (Å²) in [5, 5.41) is 7.78. The number of nitrogens with one attached hydrogen (secondary N) is 1. The fraction of sp³-hybridized carbons (Fsp3) is 0.421. The van der Waals surface area contributed by atoms with Crippen LogP contribution in [0.2, 0.25) is 0 Å². The Balaban J connectivity index is 1.90. The van der Waals surface area contributed by atoms with Crippen LogP contribution in [0.3, 0.4) is 0 Å². The van der Waals surface area contributed by atoms with Crippen molar-refractivity contribution in [2.75, 3.05) is 13.2 Å². The number of quaternary nitrogens is 1. The van der Waals surface area contributed by atoms with Gasteiger partial charge in [-0.1, -0.05) is 5.10 Å². The quantitative estimate of drug-likeness (QED) is 0.222. The predicted molar refractivity (Wildman–Crippen MR) is 103 cm³/mol. The van der Waals surface area contributed by atoms with Crippen molar-refractivity contribution in [3.63, 3.8) is 0 Å². The van der Waals surface area contributed by atoms with Gasteiger partial charge >= 0.3 is 6.18 Å².